The first-order valence-corrected chi connectivity index (χ1v) is 10.4. The maximum Gasteiger partial charge on any atom is 0.395 e. The molecule has 2 heterocycles. The molecule has 32 heavy (non-hydrogen) atoms. The highest BCUT2D eigenvalue weighted by Gasteiger charge is 2.36. The van der Waals surface area contributed by atoms with Crippen LogP contribution < -0.4 is 5.32 Å². The van der Waals surface area contributed by atoms with E-state index in [2.05, 4.69) is 20.3 Å². The van der Waals surface area contributed by atoms with E-state index in [1.807, 2.05) is 44.2 Å². The molecule has 2 aromatic carbocycles. The van der Waals surface area contributed by atoms with Gasteiger partial charge in [0.15, 0.2) is 0 Å². The molecule has 0 aliphatic carbocycles. The van der Waals surface area contributed by atoms with E-state index in [-0.39, 0.29) is 5.56 Å². The Morgan fingerprint density at radius 2 is 1.75 bits per heavy atom. The molecule has 164 valence electrons. The first-order valence-electron chi connectivity index (χ1n) is 10.4. The fourth-order valence-corrected chi connectivity index (χ4v) is 3.55. The molecule has 1 N–H and O–H groups in total. The summed E-state index contributed by atoms with van der Waals surface area (Å²) in [6.45, 7) is 5.15. The molecule has 1 unspecified atom stereocenters. The molecule has 0 saturated heterocycles. The summed E-state index contributed by atoms with van der Waals surface area (Å²) in [6.07, 6.45) is -1.85. The van der Waals surface area contributed by atoms with Crippen molar-refractivity contribution < 1.29 is 13.2 Å². The fourth-order valence-electron chi connectivity index (χ4n) is 3.55. The molecule has 0 fully saturated rings. The second-order valence-corrected chi connectivity index (χ2v) is 7.75. The number of benzene rings is 2. The van der Waals surface area contributed by atoms with E-state index in [0.29, 0.717) is 23.8 Å². The maximum atomic E-state index is 13.0. The molecule has 7 heteroatoms. The van der Waals surface area contributed by atoms with Crippen LogP contribution in [0.1, 0.15) is 36.7 Å². The summed E-state index contributed by atoms with van der Waals surface area (Å²) >= 11 is 0. The molecule has 2 aromatic heterocycles. The van der Waals surface area contributed by atoms with Crippen molar-refractivity contribution in [1.29, 1.82) is 0 Å². The molecule has 4 rings (SSSR count). The van der Waals surface area contributed by atoms with Crippen LogP contribution in [-0.2, 0) is 6.42 Å². The summed E-state index contributed by atoms with van der Waals surface area (Å²) in [5.74, 6) is -0.221. The molecule has 1 atom stereocenters. The average Bonchev–Trinajstić information content (AvgIpc) is 2.78. The van der Waals surface area contributed by atoms with E-state index >= 15 is 0 Å². The number of nitrogens with zero attached hydrogens (tertiary/aromatic N) is 3. The van der Waals surface area contributed by atoms with E-state index in [0.717, 1.165) is 34.6 Å². The molecule has 0 saturated carbocycles. The topological polar surface area (TPSA) is 50.7 Å². The van der Waals surface area contributed by atoms with Crippen LogP contribution in [0.4, 0.5) is 24.7 Å². The lowest BCUT2D eigenvalue weighted by Crippen LogP contribution is -2.17. The Labute approximate surface area is 184 Å². The Morgan fingerprint density at radius 1 is 1.00 bits per heavy atom. The van der Waals surface area contributed by atoms with Gasteiger partial charge in [0.25, 0.3) is 0 Å². The number of aromatic nitrogens is 3. The van der Waals surface area contributed by atoms with E-state index in [1.165, 1.54) is 12.1 Å². The highest BCUT2D eigenvalue weighted by atomic mass is 19.4. The van der Waals surface area contributed by atoms with Gasteiger partial charge in [-0.15, -0.1) is 0 Å². The van der Waals surface area contributed by atoms with Gasteiger partial charge in [-0.1, -0.05) is 31.2 Å². The number of fused-ring (bicyclic) bond motifs is 1. The van der Waals surface area contributed by atoms with Crippen molar-refractivity contribution in [2.24, 2.45) is 0 Å². The first-order chi connectivity index (χ1) is 15.3. The standard InChI is InChI=1S/C25H23F3N4/c1-4-22-31-21-14-18(23-15(2)6-5-13-29-23)9-12-20(21)24(32-22)30-19-10-7-17(8-11-19)16(3)25(26,27)28/h5-14,16H,4H2,1-3H3,(H,30,31,32). The zero-order valence-corrected chi connectivity index (χ0v) is 18.0. The van der Waals surface area contributed by atoms with Crippen molar-refractivity contribution in [2.75, 3.05) is 5.32 Å². The quantitative estimate of drug-likeness (QED) is 0.367. The van der Waals surface area contributed by atoms with Crippen molar-refractivity contribution in [2.45, 2.75) is 39.3 Å². The number of hydrogen-bond acceptors (Lipinski definition) is 4. The van der Waals surface area contributed by atoms with Crippen molar-refractivity contribution in [3.63, 3.8) is 0 Å². The van der Waals surface area contributed by atoms with Crippen LogP contribution in [0.25, 0.3) is 22.2 Å². The van der Waals surface area contributed by atoms with E-state index in [4.69, 9.17) is 0 Å². The Kier molecular flexibility index (Phi) is 5.82. The third-order valence-corrected chi connectivity index (χ3v) is 5.51. The van der Waals surface area contributed by atoms with Crippen LogP contribution in [0.15, 0.2) is 60.8 Å². The number of nitrogens with one attached hydrogen (secondary N) is 1. The van der Waals surface area contributed by atoms with Gasteiger partial charge in [-0.25, -0.2) is 9.97 Å². The number of aryl methyl sites for hydroxylation is 2. The van der Waals surface area contributed by atoms with E-state index in [9.17, 15) is 13.2 Å². The molecular formula is C25H23F3N4. The van der Waals surface area contributed by atoms with Crippen LogP contribution in [0.5, 0.6) is 0 Å². The fraction of sp³-hybridized carbons (Fsp3) is 0.240. The Morgan fingerprint density at radius 3 is 2.41 bits per heavy atom. The molecule has 0 radical (unpaired) electrons. The van der Waals surface area contributed by atoms with Gasteiger partial charge in [0.1, 0.15) is 11.6 Å². The molecule has 4 nitrogen and oxygen atoms in total. The monoisotopic (exact) mass is 436 g/mol. The predicted molar refractivity (Wildman–Crippen MR) is 121 cm³/mol. The number of anilines is 2. The summed E-state index contributed by atoms with van der Waals surface area (Å²) in [5, 5.41) is 4.08. The zero-order valence-electron chi connectivity index (χ0n) is 18.0. The molecular weight excluding hydrogens is 413 g/mol. The molecule has 0 amide bonds. The van der Waals surface area contributed by atoms with E-state index < -0.39 is 12.1 Å². The number of alkyl halides is 3. The van der Waals surface area contributed by atoms with Gasteiger partial charge in [-0.3, -0.25) is 4.98 Å². The maximum absolute atomic E-state index is 13.0. The lowest BCUT2D eigenvalue weighted by molar-refractivity contribution is -0.146. The van der Waals surface area contributed by atoms with Gasteiger partial charge < -0.3 is 5.32 Å². The Bertz CT molecular complexity index is 1250. The average molecular weight is 436 g/mol. The van der Waals surface area contributed by atoms with Crippen molar-refractivity contribution in [1.82, 2.24) is 15.0 Å². The highest BCUT2D eigenvalue weighted by molar-refractivity contribution is 5.93. The first kappa shape index (κ1) is 21.7. The van der Waals surface area contributed by atoms with Gasteiger partial charge in [0, 0.05) is 29.3 Å². The summed E-state index contributed by atoms with van der Waals surface area (Å²) in [5.41, 5.74) is 4.60. The van der Waals surface area contributed by atoms with Crippen LogP contribution in [0, 0.1) is 6.92 Å². The summed E-state index contributed by atoms with van der Waals surface area (Å²) < 4.78 is 38.9. The van der Waals surface area contributed by atoms with Gasteiger partial charge in [0.05, 0.1) is 17.1 Å². The number of halogens is 3. The van der Waals surface area contributed by atoms with Gasteiger partial charge >= 0.3 is 6.18 Å². The molecule has 0 aliphatic heterocycles. The van der Waals surface area contributed by atoms with Gasteiger partial charge in [-0.05, 0) is 55.3 Å². The predicted octanol–water partition coefficient (Wildman–Crippen LogP) is 6.97. The lowest BCUT2D eigenvalue weighted by atomic mass is 10.0. The van der Waals surface area contributed by atoms with Crippen molar-refractivity contribution in [3.8, 4) is 11.3 Å². The third kappa shape index (κ3) is 4.42. The van der Waals surface area contributed by atoms with Gasteiger partial charge in [0.2, 0.25) is 0 Å². The normalized spacial score (nSPS) is 12.7. The van der Waals surface area contributed by atoms with Crippen molar-refractivity contribution in [3.05, 3.63) is 77.7 Å². The smallest absolute Gasteiger partial charge is 0.340 e. The second-order valence-electron chi connectivity index (χ2n) is 7.75. The van der Waals surface area contributed by atoms with Gasteiger partial charge in [-0.2, -0.15) is 13.2 Å². The lowest BCUT2D eigenvalue weighted by Gasteiger charge is -2.16. The molecule has 0 spiro atoms. The summed E-state index contributed by atoms with van der Waals surface area (Å²) in [7, 11) is 0. The minimum atomic E-state index is -4.27. The third-order valence-electron chi connectivity index (χ3n) is 5.51. The molecule has 0 bridgehead atoms. The Balaban J connectivity index is 1.70. The molecule has 0 aliphatic rings. The molecule has 4 aromatic rings. The van der Waals surface area contributed by atoms with Crippen LogP contribution in [-0.4, -0.2) is 21.1 Å². The van der Waals surface area contributed by atoms with E-state index in [1.54, 1.807) is 18.3 Å². The SMILES string of the molecule is CCc1nc(Nc2ccc(C(C)C(F)(F)F)cc2)c2ccc(-c3ncccc3C)cc2n1. The number of pyridine rings is 1. The summed E-state index contributed by atoms with van der Waals surface area (Å²) in [4.78, 5) is 13.8. The van der Waals surface area contributed by atoms with Crippen LogP contribution >= 0.6 is 0 Å². The van der Waals surface area contributed by atoms with Crippen LogP contribution in [0.3, 0.4) is 0 Å². The summed E-state index contributed by atoms with van der Waals surface area (Å²) in [6, 6.07) is 16.1. The zero-order chi connectivity index (χ0) is 22.9. The number of hydrogen-bond donors (Lipinski definition) is 1. The highest BCUT2D eigenvalue weighted by Crippen LogP contribution is 2.35. The minimum Gasteiger partial charge on any atom is -0.340 e. The van der Waals surface area contributed by atoms with Crippen molar-refractivity contribution >= 4 is 22.4 Å². The van der Waals surface area contributed by atoms with Crippen LogP contribution in [0.2, 0.25) is 0 Å². The Hall–Kier alpha value is -3.48. The second kappa shape index (κ2) is 8.57. The largest absolute Gasteiger partial charge is 0.395 e. The minimum absolute atomic E-state index is 0.222. The number of rotatable bonds is 5.